The molecule has 0 aromatic heterocycles. The highest BCUT2D eigenvalue weighted by Crippen LogP contribution is 2.33. The van der Waals surface area contributed by atoms with Gasteiger partial charge in [0.2, 0.25) is 0 Å². The lowest BCUT2D eigenvalue weighted by Crippen LogP contribution is -2.39. The Morgan fingerprint density at radius 2 is 2.06 bits per heavy atom. The Labute approximate surface area is 108 Å². The molecule has 2 N–H and O–H groups in total. The van der Waals surface area contributed by atoms with Gasteiger partial charge < -0.3 is 19.9 Å². The van der Waals surface area contributed by atoms with Crippen LogP contribution in [0.5, 0.6) is 11.5 Å². The molecule has 4 nitrogen and oxygen atoms in total. The number of aliphatic hydroxyl groups excluding tert-OH is 1. The number of para-hydroxylation sites is 1. The van der Waals surface area contributed by atoms with E-state index in [1.54, 1.807) is 0 Å². The second-order valence-corrected chi connectivity index (χ2v) is 5.15. The second kappa shape index (κ2) is 5.59. The van der Waals surface area contributed by atoms with Crippen LogP contribution < -0.4 is 14.8 Å². The van der Waals surface area contributed by atoms with Crippen LogP contribution in [0.3, 0.4) is 0 Å². The summed E-state index contributed by atoms with van der Waals surface area (Å²) in [5, 5.41) is 12.4. The third-order valence-electron chi connectivity index (χ3n) is 3.14. The maximum absolute atomic E-state index is 9.01. The molecule has 0 amide bonds. The molecule has 4 heteroatoms. The average molecular weight is 251 g/mol. The molecule has 2 rings (SSSR count). The molecule has 0 aliphatic carbocycles. The first-order valence-corrected chi connectivity index (χ1v) is 6.36. The molecule has 1 aliphatic heterocycles. The summed E-state index contributed by atoms with van der Waals surface area (Å²) in [5.74, 6) is 1.66. The van der Waals surface area contributed by atoms with Gasteiger partial charge in [0.1, 0.15) is 13.2 Å². The summed E-state index contributed by atoms with van der Waals surface area (Å²) in [6.07, 6.45) is 0.722. The van der Waals surface area contributed by atoms with Gasteiger partial charge in [-0.1, -0.05) is 12.1 Å². The summed E-state index contributed by atoms with van der Waals surface area (Å²) in [6, 6.07) is 5.94. The fourth-order valence-corrected chi connectivity index (χ4v) is 1.98. The van der Waals surface area contributed by atoms with Gasteiger partial charge in [-0.2, -0.15) is 0 Å². The van der Waals surface area contributed by atoms with E-state index in [0.29, 0.717) is 19.8 Å². The van der Waals surface area contributed by atoms with Crippen LogP contribution in [0.25, 0.3) is 0 Å². The third-order valence-corrected chi connectivity index (χ3v) is 3.14. The zero-order valence-electron chi connectivity index (χ0n) is 11.0. The van der Waals surface area contributed by atoms with Crippen molar-refractivity contribution in [1.82, 2.24) is 5.32 Å². The first-order chi connectivity index (χ1) is 8.62. The van der Waals surface area contributed by atoms with Crippen molar-refractivity contribution >= 4 is 0 Å². The molecular weight excluding hydrogens is 230 g/mol. The van der Waals surface area contributed by atoms with Crippen LogP contribution in [0.1, 0.15) is 25.8 Å². The van der Waals surface area contributed by atoms with Crippen molar-refractivity contribution in [2.45, 2.75) is 32.4 Å². The van der Waals surface area contributed by atoms with Gasteiger partial charge in [0.15, 0.2) is 11.5 Å². The van der Waals surface area contributed by atoms with Gasteiger partial charge in [-0.25, -0.2) is 0 Å². The van der Waals surface area contributed by atoms with E-state index in [4.69, 9.17) is 14.6 Å². The highest BCUT2D eigenvalue weighted by molar-refractivity contribution is 5.47. The summed E-state index contributed by atoms with van der Waals surface area (Å²) in [5.41, 5.74) is 1.01. The zero-order valence-corrected chi connectivity index (χ0v) is 11.0. The fourth-order valence-electron chi connectivity index (χ4n) is 1.98. The molecule has 1 aliphatic rings. The molecule has 0 spiro atoms. The van der Waals surface area contributed by atoms with Crippen LogP contribution in [0, 0.1) is 0 Å². The molecule has 0 saturated carbocycles. The van der Waals surface area contributed by atoms with Crippen LogP contribution in [0.4, 0.5) is 0 Å². The molecule has 100 valence electrons. The Morgan fingerprint density at radius 3 is 2.83 bits per heavy atom. The minimum atomic E-state index is -0.0903. The normalized spacial score (nSPS) is 14.6. The van der Waals surface area contributed by atoms with Crippen LogP contribution in [0.15, 0.2) is 18.2 Å². The number of rotatable bonds is 5. The van der Waals surface area contributed by atoms with Gasteiger partial charge in [-0.15, -0.1) is 0 Å². The van der Waals surface area contributed by atoms with E-state index in [1.807, 2.05) is 18.2 Å². The predicted molar refractivity (Wildman–Crippen MR) is 70.1 cm³/mol. The topological polar surface area (TPSA) is 50.7 Å². The lowest BCUT2D eigenvalue weighted by Gasteiger charge is -2.27. The number of nitrogens with one attached hydrogen (secondary N) is 1. The molecule has 0 saturated heterocycles. The van der Waals surface area contributed by atoms with Gasteiger partial charge in [0.05, 0.1) is 0 Å². The standard InChI is InChI=1S/C14H21NO3/c1-14(2,6-7-16)15-10-11-4-3-5-12-13(11)18-9-8-17-12/h3-5,15-16H,6-10H2,1-2H3. The molecule has 0 fully saturated rings. The summed E-state index contributed by atoms with van der Waals surface area (Å²) in [6.45, 7) is 6.27. The monoisotopic (exact) mass is 251 g/mol. The number of hydrogen-bond donors (Lipinski definition) is 2. The van der Waals surface area contributed by atoms with Crippen molar-refractivity contribution in [3.63, 3.8) is 0 Å². The van der Waals surface area contributed by atoms with Gasteiger partial charge in [0.25, 0.3) is 0 Å². The van der Waals surface area contributed by atoms with Crippen molar-refractivity contribution in [1.29, 1.82) is 0 Å². The maximum atomic E-state index is 9.01. The van der Waals surface area contributed by atoms with Crippen molar-refractivity contribution in [2.75, 3.05) is 19.8 Å². The lowest BCUT2D eigenvalue weighted by atomic mass is 10.0. The predicted octanol–water partition coefficient (Wildman–Crippen LogP) is 1.71. The van der Waals surface area contributed by atoms with Crippen LogP contribution >= 0.6 is 0 Å². The summed E-state index contributed by atoms with van der Waals surface area (Å²) in [4.78, 5) is 0. The number of fused-ring (bicyclic) bond motifs is 1. The number of hydrogen-bond acceptors (Lipinski definition) is 4. The van der Waals surface area contributed by atoms with E-state index in [-0.39, 0.29) is 12.1 Å². The van der Waals surface area contributed by atoms with Crippen LogP contribution in [-0.2, 0) is 6.54 Å². The van der Waals surface area contributed by atoms with Crippen molar-refractivity contribution < 1.29 is 14.6 Å². The first-order valence-electron chi connectivity index (χ1n) is 6.36. The molecule has 0 bridgehead atoms. The van der Waals surface area contributed by atoms with Crippen molar-refractivity contribution in [3.8, 4) is 11.5 Å². The van der Waals surface area contributed by atoms with Gasteiger partial charge in [0, 0.05) is 24.3 Å². The van der Waals surface area contributed by atoms with Gasteiger partial charge in [-0.3, -0.25) is 0 Å². The van der Waals surface area contributed by atoms with Crippen LogP contribution in [0.2, 0.25) is 0 Å². The third kappa shape index (κ3) is 3.15. The molecule has 1 aromatic rings. The molecule has 18 heavy (non-hydrogen) atoms. The van der Waals surface area contributed by atoms with Gasteiger partial charge in [-0.05, 0) is 26.3 Å². The second-order valence-electron chi connectivity index (χ2n) is 5.15. The average Bonchev–Trinajstić information content (AvgIpc) is 2.36. The zero-order chi connectivity index (χ0) is 13.0. The van der Waals surface area contributed by atoms with E-state index in [9.17, 15) is 0 Å². The SMILES string of the molecule is CC(C)(CCO)NCc1cccc2c1OCCO2. The Kier molecular flexibility index (Phi) is 4.09. The van der Waals surface area contributed by atoms with E-state index < -0.39 is 0 Å². The summed E-state index contributed by atoms with van der Waals surface area (Å²) < 4.78 is 11.2. The molecule has 1 heterocycles. The number of aliphatic hydroxyl groups is 1. The Hall–Kier alpha value is -1.26. The summed E-state index contributed by atoms with van der Waals surface area (Å²) >= 11 is 0. The van der Waals surface area contributed by atoms with Gasteiger partial charge >= 0.3 is 0 Å². The van der Waals surface area contributed by atoms with Crippen LogP contribution in [-0.4, -0.2) is 30.5 Å². The molecule has 0 unspecified atom stereocenters. The molecule has 1 aromatic carbocycles. The Morgan fingerprint density at radius 1 is 1.28 bits per heavy atom. The number of ether oxygens (including phenoxy) is 2. The number of benzene rings is 1. The highest BCUT2D eigenvalue weighted by Gasteiger charge is 2.19. The molecule has 0 radical (unpaired) electrons. The molecule has 0 atom stereocenters. The van der Waals surface area contributed by atoms with E-state index in [0.717, 1.165) is 23.5 Å². The van der Waals surface area contributed by atoms with Crippen molar-refractivity contribution in [3.05, 3.63) is 23.8 Å². The fraction of sp³-hybridized carbons (Fsp3) is 0.571. The highest BCUT2D eigenvalue weighted by atomic mass is 16.6. The first kappa shape index (κ1) is 13.2. The Balaban J connectivity index is 2.05. The lowest BCUT2D eigenvalue weighted by molar-refractivity contribution is 0.169. The van der Waals surface area contributed by atoms with Crippen molar-refractivity contribution in [2.24, 2.45) is 0 Å². The molecular formula is C14H21NO3. The largest absolute Gasteiger partial charge is 0.486 e. The maximum Gasteiger partial charge on any atom is 0.165 e. The quantitative estimate of drug-likeness (QED) is 0.836. The summed E-state index contributed by atoms with van der Waals surface area (Å²) in [7, 11) is 0. The minimum absolute atomic E-state index is 0.0903. The Bertz CT molecular complexity index is 404. The smallest absolute Gasteiger partial charge is 0.165 e. The van der Waals surface area contributed by atoms with E-state index in [1.165, 1.54) is 0 Å². The van der Waals surface area contributed by atoms with E-state index >= 15 is 0 Å². The van der Waals surface area contributed by atoms with E-state index in [2.05, 4.69) is 19.2 Å². The minimum Gasteiger partial charge on any atom is -0.486 e.